The maximum Gasteiger partial charge on any atom is 0.303 e. The lowest BCUT2D eigenvalue weighted by molar-refractivity contribution is -0.138. The van der Waals surface area contributed by atoms with Gasteiger partial charge in [-0.2, -0.15) is 0 Å². The first-order chi connectivity index (χ1) is 12.0. The average Bonchev–Trinajstić information content (AvgIpc) is 2.56. The molecule has 0 amide bonds. The maximum atomic E-state index is 10.1. The van der Waals surface area contributed by atoms with Gasteiger partial charge in [-0.05, 0) is 19.3 Å². The van der Waals surface area contributed by atoms with Crippen LogP contribution < -0.4 is 0 Å². The van der Waals surface area contributed by atoms with Crippen LogP contribution in [0.5, 0.6) is 0 Å². The average molecular weight is 361 g/mol. The lowest BCUT2D eigenvalue weighted by Crippen LogP contribution is -1.93. The van der Waals surface area contributed by atoms with E-state index in [1.807, 2.05) is 0 Å². The number of aliphatic carboxylic acids is 2. The van der Waals surface area contributed by atoms with Gasteiger partial charge in [0.05, 0.1) is 0 Å². The molecule has 0 atom stereocenters. The molecule has 0 aliphatic rings. The largest absolute Gasteiger partial charge is 0.481 e. The Bertz CT molecular complexity index is 292. The first-order valence-corrected chi connectivity index (χ1v) is 10.1. The number of rotatable bonds is 17. The Balaban J connectivity index is 0. The van der Waals surface area contributed by atoms with Crippen LogP contribution in [-0.4, -0.2) is 33.9 Å². The summed E-state index contributed by atoms with van der Waals surface area (Å²) in [7, 11) is 0. The van der Waals surface area contributed by atoms with Crippen LogP contribution in [0, 0.1) is 0 Å². The van der Waals surface area contributed by atoms with Gasteiger partial charge in [0.15, 0.2) is 0 Å². The zero-order valence-corrected chi connectivity index (χ0v) is 16.2. The van der Waals surface area contributed by atoms with E-state index in [0.29, 0.717) is 19.4 Å². The van der Waals surface area contributed by atoms with Gasteiger partial charge in [0.2, 0.25) is 0 Å². The molecule has 0 aliphatic heterocycles. The fourth-order valence-corrected chi connectivity index (χ4v) is 2.51. The predicted octanol–water partition coefficient (Wildman–Crippen LogP) is 5.40. The number of unbranched alkanes of at least 4 members (excludes halogenated alkanes) is 12. The lowest BCUT2D eigenvalue weighted by Gasteiger charge is -1.99. The minimum absolute atomic E-state index is 0.291. The van der Waals surface area contributed by atoms with E-state index in [4.69, 9.17) is 15.3 Å². The molecule has 0 aliphatic carbocycles. The van der Waals surface area contributed by atoms with Crippen LogP contribution in [0.25, 0.3) is 0 Å². The van der Waals surface area contributed by atoms with E-state index >= 15 is 0 Å². The molecule has 0 unspecified atom stereocenters. The Morgan fingerprint density at radius 3 is 1.20 bits per heavy atom. The Kier molecular flexibility index (Phi) is 23.9. The van der Waals surface area contributed by atoms with Crippen LogP contribution in [-0.2, 0) is 9.59 Å². The Morgan fingerprint density at radius 2 is 0.880 bits per heavy atom. The quantitative estimate of drug-likeness (QED) is 0.302. The molecule has 0 fully saturated rings. The highest BCUT2D eigenvalue weighted by Gasteiger charge is 1.96. The van der Waals surface area contributed by atoms with Gasteiger partial charge in [0.1, 0.15) is 0 Å². The Hall–Kier alpha value is -1.10. The number of carboxylic acids is 2. The van der Waals surface area contributed by atoms with Crippen LogP contribution in [0.15, 0.2) is 0 Å². The van der Waals surface area contributed by atoms with Gasteiger partial charge >= 0.3 is 11.9 Å². The molecule has 0 heterocycles. The van der Waals surface area contributed by atoms with Crippen LogP contribution in [0.2, 0.25) is 0 Å². The van der Waals surface area contributed by atoms with Crippen LogP contribution >= 0.6 is 0 Å². The van der Waals surface area contributed by atoms with E-state index < -0.39 is 11.9 Å². The van der Waals surface area contributed by atoms with Crippen LogP contribution in [0.3, 0.4) is 0 Å². The number of hydrogen-bond acceptors (Lipinski definition) is 3. The number of carbonyl (C=O) groups is 2. The third-order valence-corrected chi connectivity index (χ3v) is 4.04. The van der Waals surface area contributed by atoms with Crippen molar-refractivity contribution in [2.24, 2.45) is 0 Å². The second-order valence-corrected chi connectivity index (χ2v) is 6.61. The third kappa shape index (κ3) is 31.2. The minimum atomic E-state index is -0.694. The summed E-state index contributed by atoms with van der Waals surface area (Å²) in [6.07, 6.45) is 16.2. The molecule has 0 aromatic rings. The summed E-state index contributed by atoms with van der Waals surface area (Å²) in [5.74, 6) is -1.36. The molecular formula is C20H40O5. The number of hydrogen-bond donors (Lipinski definition) is 3. The highest BCUT2D eigenvalue weighted by molar-refractivity contribution is 5.66. The van der Waals surface area contributed by atoms with Crippen molar-refractivity contribution in [3.8, 4) is 0 Å². The zero-order valence-electron chi connectivity index (χ0n) is 16.2. The maximum absolute atomic E-state index is 10.1. The fraction of sp³-hybridized carbons (Fsp3) is 0.900. The monoisotopic (exact) mass is 360 g/mol. The van der Waals surface area contributed by atoms with Crippen molar-refractivity contribution in [2.75, 3.05) is 6.61 Å². The predicted molar refractivity (Wildman–Crippen MR) is 102 cm³/mol. The third-order valence-electron chi connectivity index (χ3n) is 4.04. The molecule has 150 valence electrons. The lowest BCUT2D eigenvalue weighted by atomic mass is 10.1. The number of aliphatic hydroxyl groups excluding tert-OH is 1. The second kappa shape index (κ2) is 22.9. The van der Waals surface area contributed by atoms with Gasteiger partial charge < -0.3 is 15.3 Å². The summed E-state index contributed by atoms with van der Waals surface area (Å²) in [4.78, 5) is 20.3. The van der Waals surface area contributed by atoms with E-state index in [9.17, 15) is 9.59 Å². The van der Waals surface area contributed by atoms with E-state index in [1.54, 1.807) is 0 Å². The first kappa shape index (κ1) is 26.1. The molecule has 0 bridgehead atoms. The van der Waals surface area contributed by atoms with Crippen molar-refractivity contribution in [3.63, 3.8) is 0 Å². The summed E-state index contributed by atoms with van der Waals surface area (Å²) in [5, 5.41) is 25.2. The summed E-state index contributed by atoms with van der Waals surface area (Å²) >= 11 is 0. The standard InChI is InChI=1S/C10H20O3.C10H20O2/c11-9-7-5-3-1-2-4-6-8-10(12)13;1-2-3-4-5-6-7-8-9-10(11)12/h11H,1-9H2,(H,12,13);2-9H2,1H3,(H,11,12). The molecule has 5 nitrogen and oxygen atoms in total. The molecule has 5 heteroatoms. The normalized spacial score (nSPS) is 10.2. The van der Waals surface area contributed by atoms with E-state index in [0.717, 1.165) is 51.4 Å². The highest BCUT2D eigenvalue weighted by Crippen LogP contribution is 2.08. The molecule has 0 aromatic heterocycles. The van der Waals surface area contributed by atoms with Crippen molar-refractivity contribution < 1.29 is 24.9 Å². The molecular weight excluding hydrogens is 320 g/mol. The Morgan fingerprint density at radius 1 is 0.560 bits per heavy atom. The first-order valence-electron chi connectivity index (χ1n) is 10.1. The van der Waals surface area contributed by atoms with Crippen molar-refractivity contribution in [3.05, 3.63) is 0 Å². The van der Waals surface area contributed by atoms with Crippen LogP contribution in [0.1, 0.15) is 110 Å². The number of aliphatic hydroxyl groups is 1. The van der Waals surface area contributed by atoms with Crippen LogP contribution in [0.4, 0.5) is 0 Å². The highest BCUT2D eigenvalue weighted by atomic mass is 16.4. The van der Waals surface area contributed by atoms with Gasteiger partial charge in [-0.15, -0.1) is 0 Å². The zero-order chi connectivity index (χ0) is 19.2. The topological polar surface area (TPSA) is 94.8 Å². The van der Waals surface area contributed by atoms with Gasteiger partial charge in [0, 0.05) is 19.4 Å². The van der Waals surface area contributed by atoms with Gasteiger partial charge in [0.25, 0.3) is 0 Å². The fourth-order valence-electron chi connectivity index (χ4n) is 2.51. The molecule has 0 saturated heterocycles. The smallest absolute Gasteiger partial charge is 0.303 e. The molecule has 0 rings (SSSR count). The molecule has 0 radical (unpaired) electrons. The SMILES string of the molecule is CCCCCCCCCC(=O)O.O=C(O)CCCCCCCCCO. The van der Waals surface area contributed by atoms with E-state index in [-0.39, 0.29) is 0 Å². The van der Waals surface area contributed by atoms with Gasteiger partial charge in [-0.1, -0.05) is 77.6 Å². The van der Waals surface area contributed by atoms with Gasteiger partial charge in [-0.3, -0.25) is 9.59 Å². The summed E-state index contributed by atoms with van der Waals surface area (Å²) in [5.41, 5.74) is 0. The van der Waals surface area contributed by atoms with Gasteiger partial charge in [-0.25, -0.2) is 0 Å². The minimum Gasteiger partial charge on any atom is -0.481 e. The van der Waals surface area contributed by atoms with Crippen molar-refractivity contribution in [2.45, 2.75) is 110 Å². The summed E-state index contributed by atoms with van der Waals surface area (Å²) in [6, 6.07) is 0. The molecule has 0 aromatic carbocycles. The molecule has 25 heavy (non-hydrogen) atoms. The van der Waals surface area contributed by atoms with Crippen molar-refractivity contribution in [1.82, 2.24) is 0 Å². The molecule has 0 saturated carbocycles. The summed E-state index contributed by atoms with van der Waals surface area (Å²) in [6.45, 7) is 2.49. The van der Waals surface area contributed by atoms with E-state index in [1.165, 1.54) is 38.5 Å². The summed E-state index contributed by atoms with van der Waals surface area (Å²) < 4.78 is 0. The molecule has 0 spiro atoms. The number of carboxylic acid groups (broad SMARTS) is 2. The van der Waals surface area contributed by atoms with Crippen molar-refractivity contribution >= 4 is 11.9 Å². The van der Waals surface area contributed by atoms with Crippen molar-refractivity contribution in [1.29, 1.82) is 0 Å². The van der Waals surface area contributed by atoms with E-state index in [2.05, 4.69) is 6.92 Å². The Labute approximate surface area is 153 Å². The molecule has 3 N–H and O–H groups in total. The second-order valence-electron chi connectivity index (χ2n) is 6.61.